The van der Waals surface area contributed by atoms with Crippen LogP contribution in [0.4, 0.5) is 0 Å². The normalized spacial score (nSPS) is 29.7. The van der Waals surface area contributed by atoms with Gasteiger partial charge < -0.3 is 29.1 Å². The number of methoxy groups -OCH3 is 1. The first-order valence-corrected chi connectivity index (χ1v) is 13.3. The summed E-state index contributed by atoms with van der Waals surface area (Å²) in [5.41, 5.74) is 0. The Morgan fingerprint density at radius 3 is 2.68 bits per heavy atom. The fraction of sp³-hybridized carbons (Fsp3) is 0.696. The summed E-state index contributed by atoms with van der Waals surface area (Å²) in [7, 11) is -0.394. The Morgan fingerprint density at radius 2 is 1.94 bits per heavy atom. The molecule has 4 rings (SSSR count). The molecule has 3 fully saturated rings. The molecule has 0 radical (unpaired) electrons. The monoisotopic (exact) mass is 497 g/mol. The third-order valence-corrected chi connectivity index (χ3v) is 8.73. The fourth-order valence-corrected chi connectivity index (χ4v) is 6.60. The lowest BCUT2D eigenvalue weighted by atomic mass is 9.96. The minimum Gasteiger partial charge on any atom is -0.497 e. The summed E-state index contributed by atoms with van der Waals surface area (Å²) in [4.78, 5) is 17.0. The number of aliphatic hydroxyl groups is 1. The van der Waals surface area contributed by atoms with Gasteiger partial charge in [-0.25, -0.2) is 8.42 Å². The lowest BCUT2D eigenvalue weighted by Gasteiger charge is -2.44. The van der Waals surface area contributed by atoms with E-state index in [2.05, 4.69) is 4.90 Å². The van der Waals surface area contributed by atoms with E-state index in [-0.39, 0.29) is 43.1 Å². The lowest BCUT2D eigenvalue weighted by Crippen LogP contribution is -2.57. The van der Waals surface area contributed by atoms with Gasteiger partial charge in [-0.3, -0.25) is 4.79 Å². The zero-order valence-electron chi connectivity index (χ0n) is 19.8. The number of carbonyl (C=O) groups excluding carboxylic acids is 1. The van der Waals surface area contributed by atoms with Crippen LogP contribution in [0.3, 0.4) is 0 Å². The molecule has 1 aromatic rings. The van der Waals surface area contributed by atoms with E-state index in [1.807, 2.05) is 11.9 Å². The summed E-state index contributed by atoms with van der Waals surface area (Å²) in [6.07, 6.45) is -0.406. The molecule has 0 bridgehead atoms. The predicted octanol–water partition coefficient (Wildman–Crippen LogP) is 0.157. The van der Waals surface area contributed by atoms with Crippen LogP contribution in [0.25, 0.3) is 0 Å². The van der Waals surface area contributed by atoms with Crippen LogP contribution in [0.5, 0.6) is 5.75 Å². The van der Waals surface area contributed by atoms with Crippen LogP contribution >= 0.6 is 0 Å². The van der Waals surface area contributed by atoms with Gasteiger partial charge in [-0.15, -0.1) is 0 Å². The lowest BCUT2D eigenvalue weighted by molar-refractivity contribution is -0.152. The number of fused-ring (bicyclic) bond motifs is 1. The predicted molar refractivity (Wildman–Crippen MR) is 124 cm³/mol. The third-order valence-electron chi connectivity index (χ3n) is 6.84. The molecule has 3 aliphatic heterocycles. The molecule has 3 saturated heterocycles. The number of likely N-dealkylation sites (N-methyl/N-ethyl adjacent to an activating group) is 1. The van der Waals surface area contributed by atoms with Gasteiger partial charge in [0.15, 0.2) is 0 Å². The van der Waals surface area contributed by atoms with Gasteiger partial charge in [0.2, 0.25) is 15.9 Å². The highest BCUT2D eigenvalue weighted by Crippen LogP contribution is 2.32. The standard InChI is InChI=1S/C23H35N3O7S/c1-24-8-10-25(11-9-24)23(28)13-19-6-7-21-22(33-19)16-32-15-17(27)14-26(21)34(29,30)20-5-3-4-18(12-20)31-2/h3-5,12,17,19,21-22,27H,6-11,13-16H2,1-2H3/t17-,19+,21+,22-/m1/s1. The molecular formula is C23H35N3O7S. The molecule has 0 saturated carbocycles. The van der Waals surface area contributed by atoms with Gasteiger partial charge in [0.1, 0.15) is 5.75 Å². The molecule has 0 aromatic heterocycles. The first-order valence-electron chi connectivity index (χ1n) is 11.8. The Morgan fingerprint density at radius 1 is 1.18 bits per heavy atom. The number of hydrogen-bond acceptors (Lipinski definition) is 8. The van der Waals surface area contributed by atoms with Crippen LogP contribution in [0.2, 0.25) is 0 Å². The number of benzene rings is 1. The molecule has 3 aliphatic rings. The van der Waals surface area contributed by atoms with E-state index < -0.39 is 28.3 Å². The molecule has 0 spiro atoms. The van der Waals surface area contributed by atoms with Gasteiger partial charge in [-0.1, -0.05) is 6.07 Å². The van der Waals surface area contributed by atoms with Crippen LogP contribution in [-0.2, 0) is 24.3 Å². The Hall–Kier alpha value is -1.76. The maximum Gasteiger partial charge on any atom is 0.243 e. The van der Waals surface area contributed by atoms with Crippen molar-refractivity contribution in [3.8, 4) is 5.75 Å². The summed E-state index contributed by atoms with van der Waals surface area (Å²) in [6, 6.07) is 5.82. The second-order valence-corrected chi connectivity index (χ2v) is 11.2. The molecule has 11 heteroatoms. The maximum absolute atomic E-state index is 13.6. The van der Waals surface area contributed by atoms with Gasteiger partial charge in [0.25, 0.3) is 0 Å². The van der Waals surface area contributed by atoms with E-state index in [9.17, 15) is 18.3 Å². The Balaban J connectivity index is 1.49. The van der Waals surface area contributed by atoms with Crippen LogP contribution < -0.4 is 4.74 Å². The number of carbonyl (C=O) groups is 1. The third kappa shape index (κ3) is 5.72. The number of nitrogens with zero attached hydrogens (tertiary/aromatic N) is 3. The largest absolute Gasteiger partial charge is 0.497 e. The summed E-state index contributed by atoms with van der Waals surface area (Å²) in [5.74, 6) is 0.510. The van der Waals surface area contributed by atoms with Crippen LogP contribution in [0, 0.1) is 0 Å². The minimum absolute atomic E-state index is 0.0155. The molecule has 10 nitrogen and oxygen atoms in total. The molecule has 4 atom stereocenters. The van der Waals surface area contributed by atoms with Gasteiger partial charge in [0, 0.05) is 38.8 Å². The van der Waals surface area contributed by atoms with Gasteiger partial charge >= 0.3 is 0 Å². The number of piperazine rings is 1. The summed E-state index contributed by atoms with van der Waals surface area (Å²) in [6.45, 7) is 3.22. The molecule has 3 heterocycles. The van der Waals surface area contributed by atoms with Crippen molar-refractivity contribution >= 4 is 15.9 Å². The zero-order chi connectivity index (χ0) is 24.3. The summed E-state index contributed by atoms with van der Waals surface area (Å²) >= 11 is 0. The van der Waals surface area contributed by atoms with Crippen LogP contribution in [-0.4, -0.2) is 118 Å². The number of ether oxygens (including phenoxy) is 3. The smallest absolute Gasteiger partial charge is 0.243 e. The Labute approximate surface area is 201 Å². The van der Waals surface area contributed by atoms with Gasteiger partial charge in [0.05, 0.1) is 56.0 Å². The number of hydrogen-bond donors (Lipinski definition) is 1. The molecular weight excluding hydrogens is 462 g/mol. The molecule has 190 valence electrons. The van der Waals surface area contributed by atoms with E-state index in [4.69, 9.17) is 14.2 Å². The average molecular weight is 498 g/mol. The van der Waals surface area contributed by atoms with E-state index in [1.54, 1.807) is 12.1 Å². The van der Waals surface area contributed by atoms with Crippen LogP contribution in [0.15, 0.2) is 29.2 Å². The quantitative estimate of drug-likeness (QED) is 0.613. The van der Waals surface area contributed by atoms with Crippen molar-refractivity contribution in [3.05, 3.63) is 24.3 Å². The Kier molecular flexibility index (Phi) is 8.11. The number of rotatable bonds is 5. The number of β-amino-alcohol motifs (C(OH)–C–C–N with tert-alkyl or cyclic N) is 1. The highest BCUT2D eigenvalue weighted by Gasteiger charge is 2.43. The molecule has 0 unspecified atom stereocenters. The summed E-state index contributed by atoms with van der Waals surface area (Å²) < 4.78 is 45.6. The highest BCUT2D eigenvalue weighted by atomic mass is 32.2. The molecule has 1 aromatic carbocycles. The van der Waals surface area contributed by atoms with Crippen molar-refractivity contribution in [2.75, 3.05) is 60.1 Å². The van der Waals surface area contributed by atoms with Crippen molar-refractivity contribution in [1.29, 1.82) is 0 Å². The first-order chi connectivity index (χ1) is 16.3. The maximum atomic E-state index is 13.6. The SMILES string of the molecule is COc1cccc(S(=O)(=O)N2C[C@@H](O)COC[C@H]3O[C@H](CC(=O)N4CCN(C)CC4)CC[C@@H]32)c1. The van der Waals surface area contributed by atoms with Crippen molar-refractivity contribution in [3.63, 3.8) is 0 Å². The van der Waals surface area contributed by atoms with E-state index in [1.165, 1.54) is 23.5 Å². The molecule has 0 aliphatic carbocycles. The summed E-state index contributed by atoms with van der Waals surface area (Å²) in [5, 5.41) is 10.4. The highest BCUT2D eigenvalue weighted by molar-refractivity contribution is 7.89. The number of amides is 1. The molecule has 34 heavy (non-hydrogen) atoms. The van der Waals surface area contributed by atoms with Gasteiger partial charge in [-0.2, -0.15) is 4.31 Å². The van der Waals surface area contributed by atoms with Crippen LogP contribution in [0.1, 0.15) is 19.3 Å². The average Bonchev–Trinajstić information content (AvgIpc) is 2.82. The molecule has 1 N–H and O–H groups in total. The van der Waals surface area contributed by atoms with Crippen molar-refractivity contribution in [2.24, 2.45) is 0 Å². The second-order valence-electron chi connectivity index (χ2n) is 9.27. The van der Waals surface area contributed by atoms with Crippen molar-refractivity contribution in [2.45, 2.75) is 48.5 Å². The zero-order valence-corrected chi connectivity index (χ0v) is 20.7. The van der Waals surface area contributed by atoms with Crippen molar-refractivity contribution < 1.29 is 32.5 Å². The van der Waals surface area contributed by atoms with Gasteiger partial charge in [-0.05, 0) is 32.0 Å². The van der Waals surface area contributed by atoms with E-state index in [0.29, 0.717) is 31.7 Å². The second kappa shape index (κ2) is 10.9. The topological polar surface area (TPSA) is 109 Å². The molecule has 1 amide bonds. The Bertz CT molecular complexity index is 952. The fourth-order valence-electron chi connectivity index (χ4n) is 4.85. The number of sulfonamides is 1. The minimum atomic E-state index is -3.92. The van der Waals surface area contributed by atoms with Crippen molar-refractivity contribution in [1.82, 2.24) is 14.1 Å². The number of aliphatic hydroxyl groups excluding tert-OH is 1. The van der Waals surface area contributed by atoms with E-state index >= 15 is 0 Å². The van der Waals surface area contributed by atoms with E-state index in [0.717, 1.165) is 13.1 Å². The first kappa shape index (κ1) is 25.3.